The van der Waals surface area contributed by atoms with E-state index in [4.69, 9.17) is 0 Å². The van der Waals surface area contributed by atoms with E-state index in [-0.39, 0.29) is 0 Å². The highest BCUT2D eigenvalue weighted by atomic mass is 19.4. The average Bonchev–Trinajstić information content (AvgIpc) is 2.07. The van der Waals surface area contributed by atoms with Crippen molar-refractivity contribution in [1.82, 2.24) is 0 Å². The zero-order valence-corrected chi connectivity index (χ0v) is 7.65. The third-order valence-electron chi connectivity index (χ3n) is 1.85. The lowest BCUT2D eigenvalue weighted by molar-refractivity contribution is -0.137. The number of hydrogen-bond donors (Lipinski definition) is 0. The Balaban J connectivity index is 3.19. The predicted octanol–water partition coefficient (Wildman–Crippen LogP) is 3.81. The number of halogens is 3. The summed E-state index contributed by atoms with van der Waals surface area (Å²) in [5.41, 5.74) is 3.17. The zero-order chi connectivity index (χ0) is 10.8. The first-order chi connectivity index (χ1) is 6.45. The van der Waals surface area contributed by atoms with Gasteiger partial charge in [-0.15, -0.1) is 5.73 Å². The monoisotopic (exact) mass is 198 g/mol. The van der Waals surface area contributed by atoms with E-state index >= 15 is 0 Å². The van der Waals surface area contributed by atoms with Gasteiger partial charge < -0.3 is 0 Å². The molecule has 0 bridgehead atoms. The standard InChI is InChI=1S/C11H9F3/c1-3-4-9-5-6-10(7-8(9)2)11(12,13)14/h4-7H,1H2,2H3. The minimum absolute atomic E-state index is 0.566. The van der Waals surface area contributed by atoms with Crippen LogP contribution >= 0.6 is 0 Å². The Labute approximate surface area is 80.4 Å². The van der Waals surface area contributed by atoms with Gasteiger partial charge in [-0.3, -0.25) is 0 Å². The highest BCUT2D eigenvalue weighted by Crippen LogP contribution is 2.30. The molecule has 1 aromatic rings. The molecule has 1 rings (SSSR count). The van der Waals surface area contributed by atoms with Gasteiger partial charge in [0.15, 0.2) is 0 Å². The molecular weight excluding hydrogens is 189 g/mol. The molecule has 0 N–H and O–H groups in total. The Kier molecular flexibility index (Phi) is 2.82. The van der Waals surface area contributed by atoms with Crippen LogP contribution in [0.15, 0.2) is 30.5 Å². The summed E-state index contributed by atoms with van der Waals surface area (Å²) in [6.07, 6.45) is -2.73. The Morgan fingerprint density at radius 1 is 1.36 bits per heavy atom. The molecule has 0 aliphatic carbocycles. The summed E-state index contributed by atoms with van der Waals surface area (Å²) in [7, 11) is 0. The van der Waals surface area contributed by atoms with Gasteiger partial charge >= 0.3 is 6.18 Å². The molecule has 0 aliphatic rings. The molecule has 0 saturated carbocycles. The van der Waals surface area contributed by atoms with Crippen molar-refractivity contribution in [1.29, 1.82) is 0 Å². The lowest BCUT2D eigenvalue weighted by atomic mass is 10.0. The van der Waals surface area contributed by atoms with Gasteiger partial charge in [0.05, 0.1) is 5.56 Å². The lowest BCUT2D eigenvalue weighted by Crippen LogP contribution is -2.05. The van der Waals surface area contributed by atoms with Crippen molar-refractivity contribution in [2.75, 3.05) is 0 Å². The van der Waals surface area contributed by atoms with Crippen LogP contribution in [0.1, 0.15) is 16.7 Å². The van der Waals surface area contributed by atoms with E-state index in [2.05, 4.69) is 12.3 Å². The smallest absolute Gasteiger partial charge is 0.166 e. The Hall–Kier alpha value is -1.47. The molecule has 0 spiro atoms. The van der Waals surface area contributed by atoms with Crippen LogP contribution < -0.4 is 0 Å². The zero-order valence-electron chi connectivity index (χ0n) is 7.65. The van der Waals surface area contributed by atoms with Crippen molar-refractivity contribution in [2.24, 2.45) is 0 Å². The van der Waals surface area contributed by atoms with E-state index in [1.165, 1.54) is 6.07 Å². The molecule has 0 aliphatic heterocycles. The molecule has 0 nitrogen and oxygen atoms in total. The highest BCUT2D eigenvalue weighted by Gasteiger charge is 2.30. The molecule has 0 aromatic heterocycles. The van der Waals surface area contributed by atoms with Gasteiger partial charge in [-0.1, -0.05) is 12.6 Å². The van der Waals surface area contributed by atoms with E-state index in [0.29, 0.717) is 11.1 Å². The Bertz CT molecular complexity index is 382. The summed E-state index contributed by atoms with van der Waals surface area (Å²) in [4.78, 5) is 0. The van der Waals surface area contributed by atoms with Crippen LogP contribution in [0.2, 0.25) is 0 Å². The van der Waals surface area contributed by atoms with Gasteiger partial charge in [-0.05, 0) is 36.3 Å². The van der Waals surface area contributed by atoms with E-state index in [1.807, 2.05) is 0 Å². The van der Waals surface area contributed by atoms with E-state index in [9.17, 15) is 13.2 Å². The summed E-state index contributed by atoms with van der Waals surface area (Å²) in [5, 5.41) is 0. The van der Waals surface area contributed by atoms with Gasteiger partial charge in [0.1, 0.15) is 0 Å². The minimum Gasteiger partial charge on any atom is -0.166 e. The lowest BCUT2D eigenvalue weighted by Gasteiger charge is -2.08. The SMILES string of the molecule is C=C=Cc1ccc(C(F)(F)F)cc1C. The second-order valence-corrected chi connectivity index (χ2v) is 2.92. The molecular formula is C11H9F3. The van der Waals surface area contributed by atoms with E-state index < -0.39 is 11.7 Å². The fraction of sp³-hybridized carbons (Fsp3) is 0.182. The predicted molar refractivity (Wildman–Crippen MR) is 49.8 cm³/mol. The van der Waals surface area contributed by atoms with Crippen LogP contribution in [-0.4, -0.2) is 0 Å². The molecule has 0 unspecified atom stereocenters. The maximum absolute atomic E-state index is 12.2. The number of rotatable bonds is 1. The topological polar surface area (TPSA) is 0 Å². The summed E-state index contributed by atoms with van der Waals surface area (Å²) in [6, 6.07) is 3.58. The van der Waals surface area contributed by atoms with Crippen LogP contribution in [0.25, 0.3) is 6.08 Å². The fourth-order valence-electron chi connectivity index (χ4n) is 1.12. The third-order valence-corrected chi connectivity index (χ3v) is 1.85. The summed E-state index contributed by atoms with van der Waals surface area (Å²) in [5.74, 6) is 0. The van der Waals surface area contributed by atoms with Gasteiger partial charge in [0.2, 0.25) is 0 Å². The first kappa shape index (κ1) is 10.6. The second-order valence-electron chi connectivity index (χ2n) is 2.92. The molecule has 3 heteroatoms. The highest BCUT2D eigenvalue weighted by molar-refractivity contribution is 5.53. The normalized spacial score (nSPS) is 10.9. The Morgan fingerprint density at radius 2 is 2.00 bits per heavy atom. The number of hydrogen-bond acceptors (Lipinski definition) is 0. The Morgan fingerprint density at radius 3 is 2.43 bits per heavy atom. The van der Waals surface area contributed by atoms with Crippen molar-refractivity contribution < 1.29 is 13.2 Å². The van der Waals surface area contributed by atoms with Gasteiger partial charge in [0.25, 0.3) is 0 Å². The average molecular weight is 198 g/mol. The first-order valence-electron chi connectivity index (χ1n) is 3.99. The van der Waals surface area contributed by atoms with Crippen LogP contribution in [0.5, 0.6) is 0 Å². The van der Waals surface area contributed by atoms with Crippen molar-refractivity contribution in [3.8, 4) is 0 Å². The van der Waals surface area contributed by atoms with Crippen molar-refractivity contribution in [3.05, 3.63) is 47.2 Å². The summed E-state index contributed by atoms with van der Waals surface area (Å²) < 4.78 is 36.7. The second kappa shape index (κ2) is 3.72. The van der Waals surface area contributed by atoms with Gasteiger partial charge in [-0.25, -0.2) is 0 Å². The molecule has 0 saturated heterocycles. The number of aryl methyl sites for hydroxylation is 1. The van der Waals surface area contributed by atoms with E-state index in [0.717, 1.165) is 12.1 Å². The fourth-order valence-corrected chi connectivity index (χ4v) is 1.12. The molecule has 0 amide bonds. The van der Waals surface area contributed by atoms with Crippen LogP contribution in [0.4, 0.5) is 13.2 Å². The van der Waals surface area contributed by atoms with Crippen LogP contribution in [-0.2, 0) is 6.18 Å². The number of alkyl halides is 3. The van der Waals surface area contributed by atoms with E-state index in [1.54, 1.807) is 13.0 Å². The van der Waals surface area contributed by atoms with Crippen molar-refractivity contribution in [2.45, 2.75) is 13.1 Å². The summed E-state index contributed by atoms with van der Waals surface area (Å²) >= 11 is 0. The minimum atomic E-state index is -4.28. The molecule has 0 heterocycles. The molecule has 1 aromatic carbocycles. The molecule has 14 heavy (non-hydrogen) atoms. The quantitative estimate of drug-likeness (QED) is 0.602. The van der Waals surface area contributed by atoms with Gasteiger partial charge in [0, 0.05) is 0 Å². The van der Waals surface area contributed by atoms with Crippen molar-refractivity contribution in [3.63, 3.8) is 0 Å². The maximum atomic E-state index is 12.2. The maximum Gasteiger partial charge on any atom is 0.416 e. The largest absolute Gasteiger partial charge is 0.416 e. The first-order valence-corrected chi connectivity index (χ1v) is 3.99. The summed E-state index contributed by atoms with van der Waals surface area (Å²) in [6.45, 7) is 4.99. The van der Waals surface area contributed by atoms with Crippen LogP contribution in [0, 0.1) is 6.92 Å². The molecule has 74 valence electrons. The number of benzene rings is 1. The molecule has 0 radical (unpaired) electrons. The third kappa shape index (κ3) is 2.27. The van der Waals surface area contributed by atoms with Gasteiger partial charge in [-0.2, -0.15) is 13.2 Å². The molecule has 0 fully saturated rings. The van der Waals surface area contributed by atoms with Crippen molar-refractivity contribution >= 4 is 6.08 Å². The van der Waals surface area contributed by atoms with Crippen LogP contribution in [0.3, 0.4) is 0 Å². The molecule has 0 atom stereocenters.